The van der Waals surface area contributed by atoms with Crippen LogP contribution in [0.5, 0.6) is 5.75 Å². The quantitative estimate of drug-likeness (QED) is 0.284. The van der Waals surface area contributed by atoms with Crippen molar-refractivity contribution in [3.05, 3.63) is 77.9 Å². The van der Waals surface area contributed by atoms with Gasteiger partial charge in [0.25, 0.3) is 0 Å². The van der Waals surface area contributed by atoms with Gasteiger partial charge in [-0.15, -0.1) is 0 Å². The molecule has 0 amide bonds. The average molecular weight is 409 g/mol. The number of allylic oxidation sites excluding steroid dienone is 1. The maximum atomic E-state index is 14.1. The van der Waals surface area contributed by atoms with Crippen molar-refractivity contribution in [2.75, 3.05) is 13.7 Å². The van der Waals surface area contributed by atoms with Crippen LogP contribution < -0.4 is 4.89 Å². The first-order valence-corrected chi connectivity index (χ1v) is 9.53. The van der Waals surface area contributed by atoms with Crippen molar-refractivity contribution in [1.82, 2.24) is 4.57 Å². The lowest BCUT2D eigenvalue weighted by Gasteiger charge is -2.11. The van der Waals surface area contributed by atoms with E-state index in [1.54, 1.807) is 38.1 Å². The molecule has 0 aliphatic heterocycles. The van der Waals surface area contributed by atoms with Gasteiger partial charge in [0, 0.05) is 35.3 Å². The predicted molar refractivity (Wildman–Crippen MR) is 114 cm³/mol. The molecule has 0 saturated heterocycles. The number of hydrogen-bond acceptors (Lipinski definition) is 4. The van der Waals surface area contributed by atoms with Gasteiger partial charge in [-0.1, -0.05) is 18.7 Å². The molecule has 0 aliphatic carbocycles. The molecule has 3 aromatic rings. The topological polar surface area (TPSA) is 49.7 Å². The molecule has 0 atom stereocenters. The third-order valence-corrected chi connectivity index (χ3v) is 4.78. The van der Waals surface area contributed by atoms with Gasteiger partial charge in [0.1, 0.15) is 11.4 Å². The largest absolute Gasteiger partial charge is 0.462 e. The molecule has 3 rings (SSSR count). The van der Waals surface area contributed by atoms with Crippen LogP contribution in [-0.4, -0.2) is 24.3 Å². The maximum absolute atomic E-state index is 14.1. The van der Waals surface area contributed by atoms with E-state index in [1.807, 2.05) is 30.0 Å². The highest BCUT2D eigenvalue weighted by Gasteiger charge is 2.18. The van der Waals surface area contributed by atoms with Crippen LogP contribution in [0.25, 0.3) is 22.4 Å². The number of ether oxygens (including phenoxy) is 1. The van der Waals surface area contributed by atoms with Crippen molar-refractivity contribution in [2.24, 2.45) is 0 Å². The molecule has 0 radical (unpaired) electrons. The van der Waals surface area contributed by atoms with Crippen molar-refractivity contribution in [3.8, 4) is 22.6 Å². The molecule has 0 fully saturated rings. The summed E-state index contributed by atoms with van der Waals surface area (Å²) in [4.78, 5) is 22.1. The number of hydrogen-bond donors (Lipinski definition) is 0. The van der Waals surface area contributed by atoms with E-state index in [2.05, 4.69) is 6.58 Å². The summed E-state index contributed by atoms with van der Waals surface area (Å²) in [6.45, 7) is 9.71. The van der Waals surface area contributed by atoms with Gasteiger partial charge >= 0.3 is 5.97 Å². The fourth-order valence-corrected chi connectivity index (χ4v) is 3.27. The van der Waals surface area contributed by atoms with E-state index >= 15 is 0 Å². The van der Waals surface area contributed by atoms with Crippen LogP contribution >= 0.6 is 0 Å². The molecule has 0 unspecified atom stereocenters. The van der Waals surface area contributed by atoms with E-state index in [0.29, 0.717) is 5.56 Å². The summed E-state index contributed by atoms with van der Waals surface area (Å²) in [5.41, 5.74) is 4.97. The fraction of sp³-hybridized carbons (Fsp3) is 0.208. The van der Waals surface area contributed by atoms with Crippen molar-refractivity contribution in [1.29, 1.82) is 0 Å². The Labute approximate surface area is 175 Å². The van der Waals surface area contributed by atoms with Crippen LogP contribution in [0.4, 0.5) is 4.39 Å². The second kappa shape index (κ2) is 8.97. The summed E-state index contributed by atoms with van der Waals surface area (Å²) in [5.74, 6) is -0.521. The first kappa shape index (κ1) is 21.3. The van der Waals surface area contributed by atoms with E-state index in [0.717, 1.165) is 28.0 Å². The number of aromatic nitrogens is 1. The Kier molecular flexibility index (Phi) is 6.37. The lowest BCUT2D eigenvalue weighted by atomic mass is 9.97. The fourth-order valence-electron chi connectivity index (χ4n) is 3.27. The Morgan fingerprint density at radius 1 is 1.13 bits per heavy atom. The minimum absolute atomic E-state index is 0.238. The summed E-state index contributed by atoms with van der Waals surface area (Å²) in [5, 5.41) is 0. The normalized spacial score (nSPS) is 10.7. The molecule has 5 nitrogen and oxygen atoms in total. The van der Waals surface area contributed by atoms with Gasteiger partial charge in [-0.25, -0.2) is 9.18 Å². The number of carbonyl (C=O) groups excluding carboxylic acids is 1. The van der Waals surface area contributed by atoms with Crippen molar-refractivity contribution >= 4 is 11.5 Å². The zero-order chi connectivity index (χ0) is 21.8. The Balaban J connectivity index is 2.12. The molecule has 0 N–H and O–H groups in total. The first-order valence-electron chi connectivity index (χ1n) is 9.53. The van der Waals surface area contributed by atoms with Gasteiger partial charge in [-0.2, -0.15) is 4.89 Å². The molecular weight excluding hydrogens is 385 g/mol. The summed E-state index contributed by atoms with van der Waals surface area (Å²) >= 11 is 0. The monoisotopic (exact) mass is 409 g/mol. The van der Waals surface area contributed by atoms with Gasteiger partial charge < -0.3 is 14.2 Å². The van der Waals surface area contributed by atoms with Crippen molar-refractivity contribution in [2.45, 2.75) is 20.8 Å². The van der Waals surface area contributed by atoms with Gasteiger partial charge in [0.2, 0.25) is 0 Å². The molecule has 6 heteroatoms. The van der Waals surface area contributed by atoms with Crippen LogP contribution in [0.15, 0.2) is 55.4 Å². The first-order chi connectivity index (χ1) is 14.4. The zero-order valence-corrected chi connectivity index (χ0v) is 17.5. The highest BCUT2D eigenvalue weighted by atomic mass is 19.1. The standard InChI is InChI=1S/C24H24FNO4/c1-6-29-24(27)19-11-10-17(12-23(19)30-28-5)26-13-20(15(2)3)21(14-26)18-8-7-9-22(25)16(18)4/h7-14H,2,6H2,1,3-5H3. The number of esters is 1. The van der Waals surface area contributed by atoms with E-state index in [-0.39, 0.29) is 23.7 Å². The van der Waals surface area contributed by atoms with E-state index in [1.165, 1.54) is 13.2 Å². The molecule has 156 valence electrons. The smallest absolute Gasteiger partial charge is 0.342 e. The summed E-state index contributed by atoms with van der Waals surface area (Å²) in [6.07, 6.45) is 3.82. The number of nitrogens with zero attached hydrogens (tertiary/aromatic N) is 1. The van der Waals surface area contributed by atoms with Crippen LogP contribution in [0.3, 0.4) is 0 Å². The van der Waals surface area contributed by atoms with E-state index in [9.17, 15) is 9.18 Å². The Morgan fingerprint density at radius 3 is 2.57 bits per heavy atom. The molecule has 30 heavy (non-hydrogen) atoms. The molecule has 2 aromatic carbocycles. The number of rotatable bonds is 7. The predicted octanol–water partition coefficient (Wildman–Crippen LogP) is 5.74. The summed E-state index contributed by atoms with van der Waals surface area (Å²) in [7, 11) is 1.36. The minimum atomic E-state index is -0.498. The highest BCUT2D eigenvalue weighted by Crippen LogP contribution is 2.34. The second-order valence-electron chi connectivity index (χ2n) is 6.84. The molecule has 0 bridgehead atoms. The van der Waals surface area contributed by atoms with Crippen LogP contribution in [0.1, 0.15) is 35.3 Å². The Morgan fingerprint density at radius 2 is 1.90 bits per heavy atom. The van der Waals surface area contributed by atoms with Gasteiger partial charge in [0.15, 0.2) is 5.75 Å². The molecule has 1 aromatic heterocycles. The number of carbonyl (C=O) groups is 1. The lowest BCUT2D eigenvalue weighted by Crippen LogP contribution is -2.08. The summed E-state index contributed by atoms with van der Waals surface area (Å²) < 4.78 is 21.1. The van der Waals surface area contributed by atoms with Gasteiger partial charge in [-0.05, 0) is 55.7 Å². The Bertz CT molecular complexity index is 1100. The van der Waals surface area contributed by atoms with E-state index in [4.69, 9.17) is 14.5 Å². The zero-order valence-electron chi connectivity index (χ0n) is 17.5. The maximum Gasteiger partial charge on any atom is 0.342 e. The van der Waals surface area contributed by atoms with Crippen LogP contribution in [0.2, 0.25) is 0 Å². The molecule has 0 saturated carbocycles. The van der Waals surface area contributed by atoms with Crippen molar-refractivity contribution in [3.63, 3.8) is 0 Å². The molecule has 1 heterocycles. The van der Waals surface area contributed by atoms with Gasteiger partial charge in [0.05, 0.1) is 13.7 Å². The van der Waals surface area contributed by atoms with Crippen molar-refractivity contribution < 1.29 is 23.7 Å². The Hall–Kier alpha value is -3.38. The van der Waals surface area contributed by atoms with Gasteiger partial charge in [-0.3, -0.25) is 0 Å². The SMILES string of the molecule is C=C(C)c1cn(-c2ccc(C(=O)OCC)c(OOC)c2)cc1-c1cccc(F)c1C. The lowest BCUT2D eigenvalue weighted by molar-refractivity contribution is -0.178. The number of halogens is 1. The molecule has 0 spiro atoms. The number of benzene rings is 2. The third-order valence-electron chi connectivity index (χ3n) is 4.78. The highest BCUT2D eigenvalue weighted by molar-refractivity contribution is 5.93. The van der Waals surface area contributed by atoms with E-state index < -0.39 is 5.97 Å². The van der Waals surface area contributed by atoms with Crippen LogP contribution in [-0.2, 0) is 9.62 Å². The van der Waals surface area contributed by atoms with Crippen LogP contribution in [0, 0.1) is 12.7 Å². The molecular formula is C24H24FNO4. The second-order valence-corrected chi connectivity index (χ2v) is 6.84. The minimum Gasteiger partial charge on any atom is -0.462 e. The summed E-state index contributed by atoms with van der Waals surface area (Å²) in [6, 6.07) is 10.1. The third kappa shape index (κ3) is 4.14. The molecule has 0 aliphatic rings. The average Bonchev–Trinajstić information content (AvgIpc) is 3.16.